The summed E-state index contributed by atoms with van der Waals surface area (Å²) in [6.07, 6.45) is -1.42. The number of anilines is 1. The van der Waals surface area contributed by atoms with Gasteiger partial charge in [-0.15, -0.1) is 0 Å². The Hall–Kier alpha value is -4.03. The van der Waals surface area contributed by atoms with E-state index in [0.29, 0.717) is 11.6 Å². The molecule has 206 valence electrons. The van der Waals surface area contributed by atoms with Crippen LogP contribution in [0, 0.1) is 0 Å². The number of hydrogen-bond donors (Lipinski definition) is 0. The number of para-hydroxylation sites is 1. The number of rotatable bonds is 3. The molecule has 13 heteroatoms. The molecule has 1 aromatic carbocycles. The molecule has 3 heterocycles. The summed E-state index contributed by atoms with van der Waals surface area (Å²) >= 11 is 0. The van der Waals surface area contributed by atoms with Crippen molar-refractivity contribution in [1.29, 1.82) is 0 Å². The smallest absolute Gasteiger partial charge is 0.434 e. The quantitative estimate of drug-likeness (QED) is 0.549. The van der Waals surface area contributed by atoms with Crippen molar-refractivity contribution in [2.24, 2.45) is 0 Å². The SMILES string of the molecule is CCN(C(=O)N1CCN(C(=O)ON2C(=O)C3CN(C(=O)OC(C)(C)C)CCN3C2=O)CC1)c1ccccc1. The molecule has 0 radical (unpaired) electrons. The van der Waals surface area contributed by atoms with Gasteiger partial charge >= 0.3 is 24.2 Å². The van der Waals surface area contributed by atoms with Gasteiger partial charge in [0.1, 0.15) is 11.6 Å². The van der Waals surface area contributed by atoms with Crippen molar-refractivity contribution < 1.29 is 33.5 Å². The van der Waals surface area contributed by atoms with E-state index in [0.717, 1.165) is 5.69 Å². The predicted octanol–water partition coefficient (Wildman–Crippen LogP) is 2.19. The van der Waals surface area contributed by atoms with Crippen LogP contribution in [-0.2, 0) is 14.4 Å². The van der Waals surface area contributed by atoms with Crippen molar-refractivity contribution in [2.75, 3.05) is 57.3 Å². The first-order valence-electron chi connectivity index (χ1n) is 12.7. The van der Waals surface area contributed by atoms with Crippen molar-refractivity contribution in [3.63, 3.8) is 0 Å². The van der Waals surface area contributed by atoms with Crippen LogP contribution in [-0.4, -0.2) is 119 Å². The van der Waals surface area contributed by atoms with Gasteiger partial charge in [-0.1, -0.05) is 23.3 Å². The van der Waals surface area contributed by atoms with Crippen molar-refractivity contribution in [3.8, 4) is 0 Å². The van der Waals surface area contributed by atoms with Crippen LogP contribution in [0.2, 0.25) is 0 Å². The third-order valence-corrected chi connectivity index (χ3v) is 6.53. The minimum absolute atomic E-state index is 0.0519. The number of piperazine rings is 2. The van der Waals surface area contributed by atoms with Gasteiger partial charge in [0.05, 0.1) is 6.54 Å². The third-order valence-electron chi connectivity index (χ3n) is 6.53. The van der Waals surface area contributed by atoms with Gasteiger partial charge in [-0.25, -0.2) is 19.2 Å². The molecule has 0 aliphatic carbocycles. The maximum atomic E-state index is 13.0. The van der Waals surface area contributed by atoms with Crippen LogP contribution in [0.3, 0.4) is 0 Å². The molecule has 3 aliphatic rings. The lowest BCUT2D eigenvalue weighted by molar-refractivity contribution is -0.152. The Bertz CT molecular complexity index is 1080. The number of carbonyl (C=O) groups excluding carboxylic acids is 5. The zero-order chi connectivity index (χ0) is 27.6. The van der Waals surface area contributed by atoms with Gasteiger partial charge in [0.2, 0.25) is 0 Å². The molecule has 3 aliphatic heterocycles. The second-order valence-electron chi connectivity index (χ2n) is 10.2. The molecule has 3 saturated heterocycles. The van der Waals surface area contributed by atoms with Crippen LogP contribution in [0.25, 0.3) is 0 Å². The summed E-state index contributed by atoms with van der Waals surface area (Å²) in [5.41, 5.74) is 0.0885. The van der Waals surface area contributed by atoms with Crippen LogP contribution in [0.5, 0.6) is 0 Å². The van der Waals surface area contributed by atoms with Crippen LogP contribution in [0.15, 0.2) is 30.3 Å². The number of nitrogens with zero attached hydrogens (tertiary/aromatic N) is 6. The largest absolute Gasteiger partial charge is 0.444 e. The topological polar surface area (TPSA) is 123 Å². The monoisotopic (exact) mass is 530 g/mol. The summed E-state index contributed by atoms with van der Waals surface area (Å²) in [6.45, 7) is 8.79. The van der Waals surface area contributed by atoms with Crippen LogP contribution >= 0.6 is 0 Å². The molecule has 0 aromatic heterocycles. The first kappa shape index (κ1) is 27.0. The van der Waals surface area contributed by atoms with Crippen molar-refractivity contribution in [3.05, 3.63) is 30.3 Å². The third kappa shape index (κ3) is 5.60. The van der Waals surface area contributed by atoms with E-state index in [9.17, 15) is 24.0 Å². The molecule has 38 heavy (non-hydrogen) atoms. The van der Waals surface area contributed by atoms with E-state index in [1.807, 2.05) is 37.3 Å². The number of benzene rings is 1. The molecule has 0 N–H and O–H groups in total. The number of hydrogen-bond acceptors (Lipinski definition) is 7. The first-order valence-corrected chi connectivity index (χ1v) is 12.7. The molecular formula is C25H34N6O7. The number of carbonyl (C=O) groups is 5. The molecule has 0 spiro atoms. The second kappa shape index (κ2) is 10.8. The van der Waals surface area contributed by atoms with Gasteiger partial charge < -0.3 is 29.2 Å². The van der Waals surface area contributed by atoms with Crippen LogP contribution < -0.4 is 4.90 Å². The average molecular weight is 531 g/mol. The normalized spacial score (nSPS) is 19.9. The van der Waals surface area contributed by atoms with E-state index in [1.54, 1.807) is 30.6 Å². The zero-order valence-electron chi connectivity index (χ0n) is 22.2. The molecular weight excluding hydrogens is 496 g/mol. The number of hydroxylamine groups is 2. The summed E-state index contributed by atoms with van der Waals surface area (Å²) in [4.78, 5) is 76.5. The Morgan fingerprint density at radius 1 is 0.895 bits per heavy atom. The van der Waals surface area contributed by atoms with Crippen LogP contribution in [0.1, 0.15) is 27.7 Å². The summed E-state index contributed by atoms with van der Waals surface area (Å²) in [5.74, 6) is -0.716. The maximum absolute atomic E-state index is 13.0. The van der Waals surface area contributed by atoms with E-state index in [2.05, 4.69) is 0 Å². The number of fused-ring (bicyclic) bond motifs is 1. The molecule has 1 unspecified atom stereocenters. The summed E-state index contributed by atoms with van der Waals surface area (Å²) in [5, 5.41) is 0.470. The van der Waals surface area contributed by atoms with E-state index in [-0.39, 0.29) is 51.8 Å². The molecule has 0 saturated carbocycles. The second-order valence-corrected chi connectivity index (χ2v) is 10.2. The Kier molecular flexibility index (Phi) is 7.65. The highest BCUT2D eigenvalue weighted by Gasteiger charge is 2.51. The first-order chi connectivity index (χ1) is 18.0. The lowest BCUT2D eigenvalue weighted by Gasteiger charge is -2.37. The molecule has 1 atom stereocenters. The Morgan fingerprint density at radius 3 is 2.11 bits per heavy atom. The Balaban J connectivity index is 1.31. The maximum Gasteiger partial charge on any atom is 0.434 e. The fraction of sp³-hybridized carbons (Fsp3) is 0.560. The minimum Gasteiger partial charge on any atom is -0.444 e. The lowest BCUT2D eigenvalue weighted by Crippen LogP contribution is -2.55. The Morgan fingerprint density at radius 2 is 1.50 bits per heavy atom. The van der Waals surface area contributed by atoms with E-state index in [1.165, 1.54) is 14.7 Å². The van der Waals surface area contributed by atoms with E-state index in [4.69, 9.17) is 9.57 Å². The summed E-state index contributed by atoms with van der Waals surface area (Å²) in [6, 6.07) is 7.47. The highest BCUT2D eigenvalue weighted by atomic mass is 16.7. The molecule has 3 fully saturated rings. The van der Waals surface area contributed by atoms with Gasteiger partial charge in [0, 0.05) is 51.5 Å². The van der Waals surface area contributed by atoms with E-state index < -0.39 is 35.8 Å². The Labute approximate surface area is 221 Å². The molecule has 7 amide bonds. The predicted molar refractivity (Wildman–Crippen MR) is 135 cm³/mol. The summed E-state index contributed by atoms with van der Waals surface area (Å²) < 4.78 is 5.37. The minimum atomic E-state index is -0.955. The number of amides is 7. The van der Waals surface area contributed by atoms with Crippen LogP contribution in [0.4, 0.5) is 24.9 Å². The summed E-state index contributed by atoms with van der Waals surface area (Å²) in [7, 11) is 0. The number of urea groups is 2. The molecule has 4 rings (SSSR count). The molecule has 0 bridgehead atoms. The number of imide groups is 1. The zero-order valence-corrected chi connectivity index (χ0v) is 22.2. The molecule has 1 aromatic rings. The van der Waals surface area contributed by atoms with E-state index >= 15 is 0 Å². The molecule has 13 nitrogen and oxygen atoms in total. The van der Waals surface area contributed by atoms with Gasteiger partial charge in [0.25, 0.3) is 5.91 Å². The fourth-order valence-corrected chi connectivity index (χ4v) is 4.57. The standard InChI is InChI=1S/C25H34N6O7/c1-5-29(18-9-7-6-8-10-18)21(33)26-11-13-27(14-12-26)24(36)38-31-20(32)19-17-28(15-16-30(19)22(31)34)23(35)37-25(2,3)4/h6-10,19H,5,11-17H2,1-4H3. The van der Waals surface area contributed by atoms with Gasteiger partial charge in [-0.05, 0) is 39.8 Å². The van der Waals surface area contributed by atoms with Crippen molar-refractivity contribution in [2.45, 2.75) is 39.3 Å². The highest BCUT2D eigenvalue weighted by Crippen LogP contribution is 2.24. The van der Waals surface area contributed by atoms with Gasteiger partial charge in [-0.3, -0.25) is 9.69 Å². The number of ether oxygens (including phenoxy) is 1. The fourth-order valence-electron chi connectivity index (χ4n) is 4.57. The highest BCUT2D eigenvalue weighted by molar-refractivity contribution is 6.04. The lowest BCUT2D eigenvalue weighted by atomic mass is 10.2. The van der Waals surface area contributed by atoms with Crippen molar-refractivity contribution >= 4 is 35.8 Å². The van der Waals surface area contributed by atoms with Gasteiger partial charge in [0.15, 0.2) is 0 Å². The van der Waals surface area contributed by atoms with Crippen molar-refractivity contribution in [1.82, 2.24) is 24.7 Å². The van der Waals surface area contributed by atoms with Gasteiger partial charge in [-0.2, -0.15) is 0 Å². The average Bonchev–Trinajstić information content (AvgIpc) is 3.13.